The minimum absolute atomic E-state index is 0.154. The second-order valence-corrected chi connectivity index (χ2v) is 6.22. The van der Waals surface area contributed by atoms with Crippen LogP contribution < -0.4 is 9.47 Å². The number of nitrogens with zero attached hydrogens (tertiary/aromatic N) is 1. The topological polar surface area (TPSA) is 85.6 Å². The lowest BCUT2D eigenvalue weighted by molar-refractivity contribution is -0.137. The van der Waals surface area contributed by atoms with Crippen molar-refractivity contribution in [1.82, 2.24) is 0 Å². The van der Waals surface area contributed by atoms with E-state index in [9.17, 15) is 9.59 Å². The van der Waals surface area contributed by atoms with E-state index >= 15 is 0 Å². The van der Waals surface area contributed by atoms with Crippen molar-refractivity contribution in [3.05, 3.63) is 65.2 Å². The highest BCUT2D eigenvalue weighted by Gasteiger charge is 2.10. The standard InChI is InChI=1S/C22H21NO5/c1-15(2)17-7-9-19(10-8-17)27-14-21(24)28-20-6-4-5-16(12-20)11-18(13-23)22(25)26-3/h4-12,15H,14H2,1-3H3/b18-11+. The van der Waals surface area contributed by atoms with Gasteiger partial charge in [0.15, 0.2) is 6.61 Å². The summed E-state index contributed by atoms with van der Waals surface area (Å²) in [5.41, 5.74) is 1.56. The van der Waals surface area contributed by atoms with Crippen molar-refractivity contribution >= 4 is 18.0 Å². The lowest BCUT2D eigenvalue weighted by Crippen LogP contribution is -2.17. The number of carbonyl (C=O) groups is 2. The summed E-state index contributed by atoms with van der Waals surface area (Å²) < 4.78 is 15.2. The Balaban J connectivity index is 1.98. The fourth-order valence-electron chi connectivity index (χ4n) is 2.33. The van der Waals surface area contributed by atoms with Gasteiger partial charge in [-0.2, -0.15) is 5.26 Å². The molecule has 0 aliphatic rings. The van der Waals surface area contributed by atoms with Gasteiger partial charge in [-0.15, -0.1) is 0 Å². The molecule has 0 saturated heterocycles. The van der Waals surface area contributed by atoms with Crippen molar-refractivity contribution in [3.63, 3.8) is 0 Å². The molecule has 0 aliphatic heterocycles. The predicted molar refractivity (Wildman–Crippen MR) is 104 cm³/mol. The van der Waals surface area contributed by atoms with Crippen LogP contribution in [0.4, 0.5) is 0 Å². The van der Waals surface area contributed by atoms with E-state index in [4.69, 9.17) is 14.7 Å². The van der Waals surface area contributed by atoms with E-state index in [1.807, 2.05) is 24.3 Å². The summed E-state index contributed by atoms with van der Waals surface area (Å²) in [5, 5.41) is 9.01. The number of carbonyl (C=O) groups excluding carboxylic acids is 2. The Morgan fingerprint density at radius 3 is 2.43 bits per heavy atom. The van der Waals surface area contributed by atoms with E-state index in [2.05, 4.69) is 18.6 Å². The predicted octanol–water partition coefficient (Wildman–Crippen LogP) is 3.87. The molecule has 0 saturated carbocycles. The lowest BCUT2D eigenvalue weighted by atomic mass is 10.0. The van der Waals surface area contributed by atoms with Crippen LogP contribution in [-0.2, 0) is 14.3 Å². The Bertz CT molecular complexity index is 907. The van der Waals surface area contributed by atoms with E-state index in [1.54, 1.807) is 24.3 Å². The third-order valence-corrected chi connectivity index (χ3v) is 3.83. The molecule has 0 fully saturated rings. The van der Waals surface area contributed by atoms with Crippen LogP contribution >= 0.6 is 0 Å². The van der Waals surface area contributed by atoms with Crippen LogP contribution in [0.15, 0.2) is 54.1 Å². The highest BCUT2D eigenvalue weighted by molar-refractivity contribution is 5.97. The first kappa shape index (κ1) is 20.7. The average Bonchev–Trinajstić information content (AvgIpc) is 2.70. The van der Waals surface area contributed by atoms with Crippen LogP contribution in [0.2, 0.25) is 0 Å². The molecule has 0 atom stereocenters. The molecule has 0 spiro atoms. The van der Waals surface area contributed by atoms with E-state index < -0.39 is 11.9 Å². The van der Waals surface area contributed by atoms with Gasteiger partial charge in [0, 0.05) is 0 Å². The Morgan fingerprint density at radius 1 is 1.11 bits per heavy atom. The van der Waals surface area contributed by atoms with E-state index in [1.165, 1.54) is 24.8 Å². The molecule has 6 nitrogen and oxygen atoms in total. The minimum Gasteiger partial charge on any atom is -0.482 e. The van der Waals surface area contributed by atoms with Gasteiger partial charge in [-0.25, -0.2) is 9.59 Å². The number of rotatable bonds is 7. The average molecular weight is 379 g/mol. The Hall–Kier alpha value is -3.59. The van der Waals surface area contributed by atoms with Crippen LogP contribution in [0.5, 0.6) is 11.5 Å². The highest BCUT2D eigenvalue weighted by Crippen LogP contribution is 2.19. The van der Waals surface area contributed by atoms with Crippen LogP contribution in [0.1, 0.15) is 30.9 Å². The van der Waals surface area contributed by atoms with Crippen LogP contribution in [-0.4, -0.2) is 25.7 Å². The van der Waals surface area contributed by atoms with Gasteiger partial charge in [-0.1, -0.05) is 38.1 Å². The zero-order chi connectivity index (χ0) is 20.5. The van der Waals surface area contributed by atoms with E-state index in [0.29, 0.717) is 17.2 Å². The zero-order valence-electron chi connectivity index (χ0n) is 16.0. The van der Waals surface area contributed by atoms with Crippen molar-refractivity contribution in [2.24, 2.45) is 0 Å². The van der Waals surface area contributed by atoms with Gasteiger partial charge < -0.3 is 14.2 Å². The molecule has 0 aliphatic carbocycles. The molecule has 0 heterocycles. The first-order chi connectivity index (χ1) is 13.4. The normalized spacial score (nSPS) is 10.9. The van der Waals surface area contributed by atoms with Crippen LogP contribution in [0, 0.1) is 11.3 Å². The number of hydrogen-bond donors (Lipinski definition) is 0. The summed E-state index contributed by atoms with van der Waals surface area (Å²) in [4.78, 5) is 23.5. The van der Waals surface area contributed by atoms with E-state index in [0.717, 1.165) is 0 Å². The molecule has 0 radical (unpaired) electrons. The SMILES string of the molecule is COC(=O)/C(C#N)=C/c1cccc(OC(=O)COc2ccc(C(C)C)cc2)c1. The largest absolute Gasteiger partial charge is 0.482 e. The van der Waals surface area contributed by atoms with Crippen molar-refractivity contribution in [2.45, 2.75) is 19.8 Å². The molecule has 0 N–H and O–H groups in total. The van der Waals surface area contributed by atoms with Crippen molar-refractivity contribution in [1.29, 1.82) is 5.26 Å². The number of hydrogen-bond acceptors (Lipinski definition) is 6. The smallest absolute Gasteiger partial charge is 0.349 e. The second kappa shape index (κ2) is 9.93. The van der Waals surface area contributed by atoms with Gasteiger partial charge in [0.25, 0.3) is 0 Å². The van der Waals surface area contributed by atoms with Gasteiger partial charge in [0.1, 0.15) is 23.1 Å². The first-order valence-electron chi connectivity index (χ1n) is 8.66. The Morgan fingerprint density at radius 2 is 1.82 bits per heavy atom. The molecule has 2 rings (SSSR count). The number of nitriles is 1. The molecule has 2 aromatic carbocycles. The third kappa shape index (κ3) is 5.99. The van der Waals surface area contributed by atoms with Crippen LogP contribution in [0.25, 0.3) is 6.08 Å². The molecule has 144 valence electrons. The van der Waals surface area contributed by atoms with E-state index in [-0.39, 0.29) is 17.9 Å². The fraction of sp³-hybridized carbons (Fsp3) is 0.227. The Labute approximate surface area is 164 Å². The second-order valence-electron chi connectivity index (χ2n) is 6.22. The molecule has 0 amide bonds. The monoisotopic (exact) mass is 379 g/mol. The number of ether oxygens (including phenoxy) is 3. The first-order valence-corrected chi connectivity index (χ1v) is 8.66. The number of benzene rings is 2. The quantitative estimate of drug-likeness (QED) is 0.314. The summed E-state index contributed by atoms with van der Waals surface area (Å²) >= 11 is 0. The van der Waals surface area contributed by atoms with Gasteiger partial charge in [-0.05, 0) is 47.4 Å². The summed E-state index contributed by atoms with van der Waals surface area (Å²) in [6.07, 6.45) is 1.36. The van der Waals surface area contributed by atoms with Gasteiger partial charge in [0.05, 0.1) is 7.11 Å². The molecular weight excluding hydrogens is 358 g/mol. The highest BCUT2D eigenvalue weighted by atomic mass is 16.6. The maximum Gasteiger partial charge on any atom is 0.349 e. The van der Waals surface area contributed by atoms with Crippen molar-refractivity contribution in [2.75, 3.05) is 13.7 Å². The minimum atomic E-state index is -0.734. The van der Waals surface area contributed by atoms with Gasteiger partial charge in [0.2, 0.25) is 0 Å². The molecule has 6 heteroatoms. The molecule has 0 bridgehead atoms. The summed E-state index contributed by atoms with van der Waals surface area (Å²) in [7, 11) is 1.20. The summed E-state index contributed by atoms with van der Waals surface area (Å²) in [5.74, 6) is -0.0279. The zero-order valence-corrected chi connectivity index (χ0v) is 16.0. The molecule has 2 aromatic rings. The van der Waals surface area contributed by atoms with Gasteiger partial charge in [-0.3, -0.25) is 0 Å². The summed E-state index contributed by atoms with van der Waals surface area (Å²) in [6, 6.07) is 15.7. The maximum absolute atomic E-state index is 12.0. The van der Waals surface area contributed by atoms with Gasteiger partial charge >= 0.3 is 11.9 Å². The number of esters is 2. The lowest BCUT2D eigenvalue weighted by Gasteiger charge is -2.09. The molecule has 28 heavy (non-hydrogen) atoms. The van der Waals surface area contributed by atoms with Crippen LogP contribution in [0.3, 0.4) is 0 Å². The van der Waals surface area contributed by atoms with Crippen molar-refractivity contribution in [3.8, 4) is 17.6 Å². The Kier molecular flexibility index (Phi) is 7.35. The fourth-order valence-corrected chi connectivity index (χ4v) is 2.33. The summed E-state index contributed by atoms with van der Waals surface area (Å²) in [6.45, 7) is 3.95. The van der Waals surface area contributed by atoms with Crippen molar-refractivity contribution < 1.29 is 23.8 Å². The molecular formula is C22H21NO5. The third-order valence-electron chi connectivity index (χ3n) is 3.83. The molecule has 0 unspecified atom stereocenters. The molecule has 0 aromatic heterocycles. The number of methoxy groups -OCH3 is 1. The maximum atomic E-state index is 12.0.